The number of fused-ring (bicyclic) bond motifs is 12. The molecule has 6 nitrogen and oxygen atoms in total. The van der Waals surface area contributed by atoms with Gasteiger partial charge in [0.1, 0.15) is 28.3 Å². The van der Waals surface area contributed by atoms with E-state index in [-0.39, 0.29) is 0 Å². The van der Waals surface area contributed by atoms with E-state index >= 15 is 0 Å². The molecule has 1 aliphatic heterocycles. The highest BCUT2D eigenvalue weighted by molar-refractivity contribution is 6.26. The maximum atomic E-state index is 6.69. The van der Waals surface area contributed by atoms with E-state index in [1.807, 2.05) is 42.5 Å². The fourth-order valence-electron chi connectivity index (χ4n) is 10.0. The molecule has 1 aliphatic rings. The summed E-state index contributed by atoms with van der Waals surface area (Å²) >= 11 is 0. The van der Waals surface area contributed by atoms with Crippen molar-refractivity contribution < 1.29 is 9.15 Å². The first kappa shape index (κ1) is 33.4. The number of nitrogens with zero attached hydrogens (tertiary/aromatic N) is 4. The molecular weight excluding hydrogens is 761 g/mol. The summed E-state index contributed by atoms with van der Waals surface area (Å²) in [5.41, 5.74) is 13.9. The van der Waals surface area contributed by atoms with E-state index < -0.39 is 0 Å². The molecule has 13 aromatic rings. The van der Waals surface area contributed by atoms with Crippen LogP contribution in [0, 0.1) is 0 Å². The second kappa shape index (κ2) is 12.5. The number of rotatable bonds is 4. The van der Waals surface area contributed by atoms with E-state index in [0.29, 0.717) is 11.5 Å². The van der Waals surface area contributed by atoms with Crippen molar-refractivity contribution in [2.24, 2.45) is 0 Å². The molecule has 0 saturated carbocycles. The summed E-state index contributed by atoms with van der Waals surface area (Å²) in [6, 6.07) is 68.4. The molecule has 0 saturated heterocycles. The molecule has 0 spiro atoms. The standard InChI is InChI=1S/C56H32N4O2/c1-3-14-33(15-4-1)53-55-54(42-20-9-12-25-49(42)62-55)58-56(57-53)60-44-23-10-7-18-37(44)38-28-26-34(30-45(38)60)35-27-29-41-46(31-35)59(36-16-5-2-6-17-36)47-32-50-52-40(21-13-22-43(52)51(41)47)39-19-8-11-24-48(39)61-50/h1-32H. The van der Waals surface area contributed by atoms with Crippen molar-refractivity contribution in [3.05, 3.63) is 194 Å². The summed E-state index contributed by atoms with van der Waals surface area (Å²) in [7, 11) is 0. The number of para-hydroxylation sites is 4. The third-order valence-electron chi connectivity index (χ3n) is 12.7. The molecular formula is C56H32N4O2. The summed E-state index contributed by atoms with van der Waals surface area (Å²) in [5.74, 6) is 2.35. The third-order valence-corrected chi connectivity index (χ3v) is 12.7. The highest BCUT2D eigenvalue weighted by Crippen LogP contribution is 2.51. The molecule has 5 heterocycles. The second-order valence-corrected chi connectivity index (χ2v) is 16.1. The van der Waals surface area contributed by atoms with Crippen molar-refractivity contribution in [2.45, 2.75) is 0 Å². The zero-order valence-corrected chi connectivity index (χ0v) is 33.1. The van der Waals surface area contributed by atoms with Crippen LogP contribution in [0.3, 0.4) is 0 Å². The van der Waals surface area contributed by atoms with Crippen LogP contribution in [0.15, 0.2) is 199 Å². The predicted octanol–water partition coefficient (Wildman–Crippen LogP) is 14.8. The number of ether oxygens (including phenoxy) is 1. The Labute approximate surface area is 354 Å². The SMILES string of the molecule is c1ccc(-c2nc(-n3c4ccccc4c4ccc(-c5ccc6c7c8cccc9c8c(cc7n(-c7ccccc7)c6c5)Oc5ccccc5-9)cc43)nc3c2oc2ccccc23)cc1. The highest BCUT2D eigenvalue weighted by atomic mass is 16.5. The maximum absolute atomic E-state index is 6.69. The summed E-state index contributed by atoms with van der Waals surface area (Å²) < 4.78 is 17.8. The van der Waals surface area contributed by atoms with E-state index in [1.54, 1.807) is 0 Å². The average Bonchev–Trinajstić information content (AvgIpc) is 3.99. The van der Waals surface area contributed by atoms with Crippen LogP contribution in [0.2, 0.25) is 0 Å². The number of benzene rings is 9. The van der Waals surface area contributed by atoms with Gasteiger partial charge in [-0.3, -0.25) is 4.57 Å². The molecule has 0 radical (unpaired) electrons. The van der Waals surface area contributed by atoms with Gasteiger partial charge in [-0.2, -0.15) is 0 Å². The summed E-state index contributed by atoms with van der Waals surface area (Å²) in [6.07, 6.45) is 0. The van der Waals surface area contributed by atoms with E-state index in [9.17, 15) is 0 Å². The minimum absolute atomic E-state index is 0.592. The zero-order chi connectivity index (χ0) is 40.5. The van der Waals surface area contributed by atoms with Gasteiger partial charge in [-0.05, 0) is 70.6 Å². The van der Waals surface area contributed by atoms with Gasteiger partial charge in [0.15, 0.2) is 5.58 Å². The van der Waals surface area contributed by atoms with Crippen molar-refractivity contribution >= 4 is 76.5 Å². The fourth-order valence-corrected chi connectivity index (χ4v) is 10.0. The van der Waals surface area contributed by atoms with Crippen LogP contribution in [0.4, 0.5) is 0 Å². The number of hydrogen-bond donors (Lipinski definition) is 0. The first-order chi connectivity index (χ1) is 30.7. The second-order valence-electron chi connectivity index (χ2n) is 16.1. The first-order valence-corrected chi connectivity index (χ1v) is 20.9. The average molecular weight is 793 g/mol. The number of aromatic nitrogens is 4. The Morgan fingerprint density at radius 1 is 0.387 bits per heavy atom. The Morgan fingerprint density at radius 2 is 1.05 bits per heavy atom. The normalized spacial score (nSPS) is 12.3. The van der Waals surface area contributed by atoms with Crippen LogP contribution in [0.5, 0.6) is 11.5 Å². The molecule has 4 aromatic heterocycles. The minimum Gasteiger partial charge on any atom is -0.456 e. The van der Waals surface area contributed by atoms with E-state index in [4.69, 9.17) is 19.1 Å². The largest absolute Gasteiger partial charge is 0.456 e. The zero-order valence-electron chi connectivity index (χ0n) is 33.1. The highest BCUT2D eigenvalue weighted by Gasteiger charge is 2.26. The Morgan fingerprint density at radius 3 is 1.90 bits per heavy atom. The van der Waals surface area contributed by atoms with Gasteiger partial charge in [0.05, 0.1) is 22.1 Å². The van der Waals surface area contributed by atoms with E-state index in [0.717, 1.165) is 99.8 Å². The van der Waals surface area contributed by atoms with Crippen LogP contribution in [0.25, 0.3) is 122 Å². The lowest BCUT2D eigenvalue weighted by Gasteiger charge is -2.22. The molecule has 0 atom stereocenters. The molecule has 0 N–H and O–H groups in total. The van der Waals surface area contributed by atoms with Gasteiger partial charge in [-0.25, -0.2) is 9.97 Å². The molecule has 288 valence electrons. The Bertz CT molecular complexity index is 4010. The molecule has 9 aromatic carbocycles. The van der Waals surface area contributed by atoms with Crippen LogP contribution in [-0.4, -0.2) is 19.1 Å². The molecule has 14 rings (SSSR count). The van der Waals surface area contributed by atoms with E-state index in [1.165, 1.54) is 21.7 Å². The summed E-state index contributed by atoms with van der Waals surface area (Å²) in [6.45, 7) is 0. The van der Waals surface area contributed by atoms with Crippen molar-refractivity contribution in [2.75, 3.05) is 0 Å². The Hall–Kier alpha value is -8.48. The molecule has 0 fully saturated rings. The van der Waals surface area contributed by atoms with Crippen LogP contribution in [0.1, 0.15) is 0 Å². The van der Waals surface area contributed by atoms with Gasteiger partial charge >= 0.3 is 0 Å². The van der Waals surface area contributed by atoms with Crippen molar-refractivity contribution in [1.82, 2.24) is 19.1 Å². The topological polar surface area (TPSA) is 58.0 Å². The predicted molar refractivity (Wildman–Crippen MR) is 252 cm³/mol. The summed E-state index contributed by atoms with van der Waals surface area (Å²) in [4.78, 5) is 10.6. The first-order valence-electron chi connectivity index (χ1n) is 20.9. The van der Waals surface area contributed by atoms with Crippen molar-refractivity contribution in [3.8, 4) is 56.6 Å². The van der Waals surface area contributed by atoms with Crippen molar-refractivity contribution in [1.29, 1.82) is 0 Å². The molecule has 0 unspecified atom stereocenters. The van der Waals surface area contributed by atoms with E-state index in [2.05, 4.69) is 161 Å². The maximum Gasteiger partial charge on any atom is 0.236 e. The van der Waals surface area contributed by atoms with Gasteiger partial charge < -0.3 is 13.7 Å². The molecule has 0 amide bonds. The molecule has 0 bridgehead atoms. The lowest BCUT2D eigenvalue weighted by molar-refractivity contribution is 0.487. The molecule has 6 heteroatoms. The van der Waals surface area contributed by atoms with Gasteiger partial charge in [-0.15, -0.1) is 0 Å². The van der Waals surface area contributed by atoms with Crippen LogP contribution in [-0.2, 0) is 0 Å². The molecule has 0 aliphatic carbocycles. The fraction of sp³-hybridized carbons (Fsp3) is 0. The monoisotopic (exact) mass is 792 g/mol. The third kappa shape index (κ3) is 4.63. The Balaban J connectivity index is 1.02. The van der Waals surface area contributed by atoms with Gasteiger partial charge in [0.25, 0.3) is 0 Å². The van der Waals surface area contributed by atoms with Gasteiger partial charge in [0, 0.05) is 55.2 Å². The molecule has 62 heavy (non-hydrogen) atoms. The van der Waals surface area contributed by atoms with Crippen LogP contribution >= 0.6 is 0 Å². The smallest absolute Gasteiger partial charge is 0.236 e. The Kier molecular flexibility index (Phi) is 6.74. The number of hydrogen-bond acceptors (Lipinski definition) is 4. The lowest BCUT2D eigenvalue weighted by atomic mass is 9.92. The quantitative estimate of drug-likeness (QED) is 0.178. The summed E-state index contributed by atoms with van der Waals surface area (Å²) in [5, 5.41) is 7.95. The minimum atomic E-state index is 0.592. The van der Waals surface area contributed by atoms with Crippen molar-refractivity contribution in [3.63, 3.8) is 0 Å². The number of furan rings is 1. The van der Waals surface area contributed by atoms with Gasteiger partial charge in [-0.1, -0.05) is 140 Å². The van der Waals surface area contributed by atoms with Gasteiger partial charge in [0.2, 0.25) is 5.95 Å². The lowest BCUT2D eigenvalue weighted by Crippen LogP contribution is -2.03. The van der Waals surface area contributed by atoms with Crippen LogP contribution < -0.4 is 4.74 Å².